The molecule has 0 saturated heterocycles. The number of hydrogen-bond acceptors (Lipinski definition) is 4. The summed E-state index contributed by atoms with van der Waals surface area (Å²) in [6.45, 7) is 2.42. The zero-order valence-corrected chi connectivity index (χ0v) is 14.2. The van der Waals surface area contributed by atoms with Crippen LogP contribution in [0.3, 0.4) is 0 Å². The van der Waals surface area contributed by atoms with Crippen LogP contribution in [0.15, 0.2) is 60.7 Å². The van der Waals surface area contributed by atoms with Crippen LogP contribution in [0, 0.1) is 21.4 Å². The minimum Gasteiger partial charge on any atom is -0.493 e. The van der Waals surface area contributed by atoms with Crippen LogP contribution in [0.2, 0.25) is 0 Å². The third kappa shape index (κ3) is 3.40. The molecule has 0 N–H and O–H groups in total. The van der Waals surface area contributed by atoms with E-state index < -0.39 is 4.92 Å². The van der Waals surface area contributed by atoms with Crippen LogP contribution in [0.4, 0.5) is 5.69 Å². The first kappa shape index (κ1) is 17.2. The highest BCUT2D eigenvalue weighted by atomic mass is 16.6. The van der Waals surface area contributed by atoms with Crippen LogP contribution in [0.1, 0.15) is 18.1 Å². The number of ether oxygens (including phenoxy) is 1. The molecule has 0 atom stereocenters. The molecule has 3 aromatic rings. The highest BCUT2D eigenvalue weighted by Gasteiger charge is 2.11. The van der Waals surface area contributed by atoms with Crippen molar-refractivity contribution in [1.29, 1.82) is 5.26 Å². The second kappa shape index (κ2) is 7.49. The molecule has 26 heavy (non-hydrogen) atoms. The molecule has 0 unspecified atom stereocenters. The smallest absolute Gasteiger partial charge is 0.269 e. The van der Waals surface area contributed by atoms with Gasteiger partial charge in [-0.1, -0.05) is 30.3 Å². The number of nitro groups is 1. The van der Waals surface area contributed by atoms with Gasteiger partial charge in [0.05, 0.1) is 23.2 Å². The SMILES string of the molecule is CCOc1ccc2ccccc2c1/C=C(\C#N)c1ccc([N+](=O)[O-])cc1. The van der Waals surface area contributed by atoms with Gasteiger partial charge in [-0.2, -0.15) is 5.26 Å². The molecule has 5 nitrogen and oxygen atoms in total. The van der Waals surface area contributed by atoms with Gasteiger partial charge in [0.15, 0.2) is 0 Å². The molecule has 128 valence electrons. The monoisotopic (exact) mass is 344 g/mol. The maximum atomic E-state index is 10.8. The molecular formula is C21H16N2O3. The molecule has 0 aliphatic rings. The van der Waals surface area contributed by atoms with Crippen molar-refractivity contribution in [3.05, 3.63) is 81.9 Å². The molecule has 5 heteroatoms. The largest absolute Gasteiger partial charge is 0.493 e. The molecule has 3 rings (SSSR count). The van der Waals surface area contributed by atoms with Gasteiger partial charge in [-0.3, -0.25) is 10.1 Å². The van der Waals surface area contributed by atoms with Gasteiger partial charge in [-0.25, -0.2) is 0 Å². The quantitative estimate of drug-likeness (QED) is 0.275. The molecule has 3 aromatic carbocycles. The summed E-state index contributed by atoms with van der Waals surface area (Å²) in [7, 11) is 0. The highest BCUT2D eigenvalue weighted by molar-refractivity contribution is 6.00. The van der Waals surface area contributed by atoms with Crippen LogP contribution in [-0.2, 0) is 0 Å². The van der Waals surface area contributed by atoms with Crippen molar-refractivity contribution >= 4 is 28.1 Å². The second-order valence-electron chi connectivity index (χ2n) is 5.61. The first-order valence-corrected chi connectivity index (χ1v) is 8.15. The minimum atomic E-state index is -0.461. The minimum absolute atomic E-state index is 0.00814. The Morgan fingerprint density at radius 1 is 1.15 bits per heavy atom. The van der Waals surface area contributed by atoms with Crippen LogP contribution in [-0.4, -0.2) is 11.5 Å². The van der Waals surface area contributed by atoms with Gasteiger partial charge in [0.1, 0.15) is 5.75 Å². The van der Waals surface area contributed by atoms with Gasteiger partial charge in [-0.05, 0) is 47.5 Å². The molecule has 0 aromatic heterocycles. The van der Waals surface area contributed by atoms with Crippen molar-refractivity contribution in [2.24, 2.45) is 0 Å². The van der Waals surface area contributed by atoms with Crippen molar-refractivity contribution in [2.45, 2.75) is 6.92 Å². The average molecular weight is 344 g/mol. The topological polar surface area (TPSA) is 76.2 Å². The number of hydrogen-bond donors (Lipinski definition) is 0. The lowest BCUT2D eigenvalue weighted by Gasteiger charge is -2.11. The number of allylic oxidation sites excluding steroid dienone is 1. The Kier molecular flexibility index (Phi) is 4.95. The first-order valence-electron chi connectivity index (χ1n) is 8.15. The lowest BCUT2D eigenvalue weighted by molar-refractivity contribution is -0.384. The standard InChI is InChI=1S/C21H16N2O3/c1-2-26-21-12-9-16-5-3-4-6-19(16)20(21)13-17(14-22)15-7-10-18(11-8-15)23(24)25/h3-13H,2H2,1H3/b17-13+. The predicted octanol–water partition coefficient (Wildman–Crippen LogP) is 5.21. The fourth-order valence-corrected chi connectivity index (χ4v) is 2.79. The van der Waals surface area contributed by atoms with E-state index in [1.54, 1.807) is 18.2 Å². The Balaban J connectivity index is 2.15. The van der Waals surface area contributed by atoms with E-state index in [-0.39, 0.29) is 5.69 Å². The molecular weight excluding hydrogens is 328 g/mol. The summed E-state index contributed by atoms with van der Waals surface area (Å²) in [6.07, 6.45) is 1.77. The van der Waals surface area contributed by atoms with E-state index >= 15 is 0 Å². The molecule has 0 aliphatic carbocycles. The van der Waals surface area contributed by atoms with Gasteiger partial charge < -0.3 is 4.74 Å². The Bertz CT molecular complexity index is 1030. The summed E-state index contributed by atoms with van der Waals surface area (Å²) in [5, 5.41) is 22.5. The van der Waals surface area contributed by atoms with Crippen LogP contribution < -0.4 is 4.74 Å². The van der Waals surface area contributed by atoms with Crippen LogP contribution in [0.5, 0.6) is 5.75 Å². The number of fused-ring (bicyclic) bond motifs is 1. The Labute approximate surface area is 150 Å². The van der Waals surface area contributed by atoms with Crippen molar-refractivity contribution in [3.8, 4) is 11.8 Å². The summed E-state index contributed by atoms with van der Waals surface area (Å²) >= 11 is 0. The fraction of sp³-hybridized carbons (Fsp3) is 0.0952. The molecule has 0 bridgehead atoms. The summed E-state index contributed by atoms with van der Waals surface area (Å²) in [4.78, 5) is 10.4. The number of nitrogens with zero attached hydrogens (tertiary/aromatic N) is 2. The molecule has 0 fully saturated rings. The van der Waals surface area contributed by atoms with E-state index in [1.807, 2.05) is 43.3 Å². The zero-order valence-electron chi connectivity index (χ0n) is 14.2. The molecule has 0 saturated carbocycles. The summed E-state index contributed by atoms with van der Waals surface area (Å²) in [6, 6.07) is 19.9. The predicted molar refractivity (Wildman–Crippen MR) is 102 cm³/mol. The number of rotatable bonds is 5. The molecule has 0 amide bonds. The average Bonchev–Trinajstić information content (AvgIpc) is 2.67. The third-order valence-corrected chi connectivity index (χ3v) is 4.03. The van der Waals surface area contributed by atoms with Gasteiger partial charge in [0, 0.05) is 17.7 Å². The maximum Gasteiger partial charge on any atom is 0.269 e. The van der Waals surface area contributed by atoms with E-state index in [0.29, 0.717) is 23.5 Å². The molecule has 0 radical (unpaired) electrons. The zero-order chi connectivity index (χ0) is 18.5. The molecule has 0 aliphatic heterocycles. The lowest BCUT2D eigenvalue weighted by Crippen LogP contribution is -1.95. The summed E-state index contributed by atoms with van der Waals surface area (Å²) < 4.78 is 5.73. The highest BCUT2D eigenvalue weighted by Crippen LogP contribution is 2.32. The van der Waals surface area contributed by atoms with Crippen molar-refractivity contribution < 1.29 is 9.66 Å². The van der Waals surface area contributed by atoms with Gasteiger partial charge in [0.25, 0.3) is 5.69 Å². The number of nitro benzene ring substituents is 1. The van der Waals surface area contributed by atoms with Crippen LogP contribution >= 0.6 is 0 Å². The van der Waals surface area contributed by atoms with Crippen molar-refractivity contribution in [1.82, 2.24) is 0 Å². The van der Waals surface area contributed by atoms with E-state index in [0.717, 1.165) is 16.3 Å². The van der Waals surface area contributed by atoms with E-state index in [9.17, 15) is 15.4 Å². The van der Waals surface area contributed by atoms with Crippen molar-refractivity contribution in [2.75, 3.05) is 6.61 Å². The van der Waals surface area contributed by atoms with Crippen LogP contribution in [0.25, 0.3) is 22.4 Å². The molecule has 0 spiro atoms. The van der Waals surface area contributed by atoms with E-state index in [2.05, 4.69) is 6.07 Å². The van der Waals surface area contributed by atoms with Gasteiger partial charge in [0.2, 0.25) is 0 Å². The Hall–Kier alpha value is -3.65. The molecule has 0 heterocycles. The number of benzene rings is 3. The third-order valence-electron chi connectivity index (χ3n) is 4.03. The number of nitriles is 1. The second-order valence-corrected chi connectivity index (χ2v) is 5.61. The van der Waals surface area contributed by atoms with Gasteiger partial charge in [-0.15, -0.1) is 0 Å². The Morgan fingerprint density at radius 3 is 2.54 bits per heavy atom. The summed E-state index contributed by atoms with van der Waals surface area (Å²) in [5.74, 6) is 0.695. The van der Waals surface area contributed by atoms with E-state index in [4.69, 9.17) is 4.74 Å². The van der Waals surface area contributed by atoms with Crippen molar-refractivity contribution in [3.63, 3.8) is 0 Å². The summed E-state index contributed by atoms with van der Waals surface area (Å²) in [5.41, 5.74) is 1.84. The normalized spacial score (nSPS) is 11.2. The fourth-order valence-electron chi connectivity index (χ4n) is 2.79. The maximum absolute atomic E-state index is 10.8. The first-order chi connectivity index (χ1) is 12.6. The number of non-ortho nitro benzene ring substituents is 1. The lowest BCUT2D eigenvalue weighted by atomic mass is 9.98. The van der Waals surface area contributed by atoms with E-state index in [1.165, 1.54) is 12.1 Å². The Morgan fingerprint density at radius 2 is 1.88 bits per heavy atom. The van der Waals surface area contributed by atoms with Gasteiger partial charge >= 0.3 is 0 Å².